The lowest BCUT2D eigenvalue weighted by Crippen LogP contribution is -2.50. The van der Waals surface area contributed by atoms with Crippen molar-refractivity contribution in [2.45, 2.75) is 19.0 Å². The Kier molecular flexibility index (Phi) is 4.75. The van der Waals surface area contributed by atoms with Crippen molar-refractivity contribution < 1.29 is 23.5 Å². The SMILES string of the molecule is CC1(F)CCNCC1CN(C=O)c1ccc(C(=O)O)c(F)c1. The summed E-state index contributed by atoms with van der Waals surface area (Å²) in [6.45, 7) is 2.59. The highest BCUT2D eigenvalue weighted by Gasteiger charge is 2.37. The van der Waals surface area contributed by atoms with Crippen LogP contribution in [0.5, 0.6) is 0 Å². The Morgan fingerprint density at radius 2 is 2.32 bits per heavy atom. The van der Waals surface area contributed by atoms with E-state index in [4.69, 9.17) is 5.11 Å². The van der Waals surface area contributed by atoms with Crippen LogP contribution in [0.4, 0.5) is 14.5 Å². The van der Waals surface area contributed by atoms with Crippen LogP contribution in [-0.2, 0) is 4.79 Å². The molecular weight excluding hydrogens is 294 g/mol. The first-order chi connectivity index (χ1) is 10.3. The number of anilines is 1. The van der Waals surface area contributed by atoms with Crippen molar-refractivity contribution in [3.8, 4) is 0 Å². The van der Waals surface area contributed by atoms with Gasteiger partial charge in [0.05, 0.1) is 5.56 Å². The highest BCUT2D eigenvalue weighted by Crippen LogP contribution is 2.30. The molecule has 1 fully saturated rings. The Hall–Kier alpha value is -2.02. The van der Waals surface area contributed by atoms with Gasteiger partial charge in [-0.2, -0.15) is 0 Å². The van der Waals surface area contributed by atoms with Gasteiger partial charge in [-0.1, -0.05) is 0 Å². The van der Waals surface area contributed by atoms with Crippen LogP contribution in [0.3, 0.4) is 0 Å². The number of amides is 1. The van der Waals surface area contributed by atoms with E-state index in [9.17, 15) is 18.4 Å². The number of carboxylic acid groups (broad SMARTS) is 1. The second-order valence-electron chi connectivity index (χ2n) is 5.66. The third kappa shape index (κ3) is 3.41. The lowest BCUT2D eigenvalue weighted by atomic mass is 9.84. The molecule has 0 aliphatic carbocycles. The summed E-state index contributed by atoms with van der Waals surface area (Å²) in [5.41, 5.74) is -1.67. The number of rotatable bonds is 5. The summed E-state index contributed by atoms with van der Waals surface area (Å²) in [5.74, 6) is -2.73. The van der Waals surface area contributed by atoms with Gasteiger partial charge in [-0.3, -0.25) is 4.79 Å². The molecule has 1 aromatic rings. The number of carbonyl (C=O) groups excluding carboxylic acids is 1. The fraction of sp³-hybridized carbons (Fsp3) is 0.467. The number of aromatic carboxylic acids is 1. The first-order valence-corrected chi connectivity index (χ1v) is 6.99. The summed E-state index contributed by atoms with van der Waals surface area (Å²) in [7, 11) is 0. The maximum atomic E-state index is 14.5. The van der Waals surface area contributed by atoms with E-state index in [1.807, 2.05) is 0 Å². The summed E-state index contributed by atoms with van der Waals surface area (Å²) < 4.78 is 28.2. The lowest BCUT2D eigenvalue weighted by Gasteiger charge is -2.37. The number of carboxylic acids is 1. The second-order valence-corrected chi connectivity index (χ2v) is 5.66. The highest BCUT2D eigenvalue weighted by molar-refractivity contribution is 5.89. The van der Waals surface area contributed by atoms with Crippen molar-refractivity contribution >= 4 is 18.1 Å². The van der Waals surface area contributed by atoms with Crippen molar-refractivity contribution in [2.75, 3.05) is 24.5 Å². The van der Waals surface area contributed by atoms with Gasteiger partial charge in [-0.05, 0) is 38.1 Å². The molecule has 1 aliphatic heterocycles. The standard InChI is InChI=1S/C15H18F2N2O3/c1-15(17)4-5-18-7-10(15)8-19(9-20)11-2-3-12(14(21)22)13(16)6-11/h2-3,6,9-10,18H,4-5,7-8H2,1H3,(H,21,22). The zero-order chi connectivity index (χ0) is 16.3. The fourth-order valence-corrected chi connectivity index (χ4v) is 2.58. The van der Waals surface area contributed by atoms with Crippen LogP contribution in [0.25, 0.3) is 0 Å². The van der Waals surface area contributed by atoms with Crippen LogP contribution in [-0.4, -0.2) is 42.8 Å². The summed E-state index contributed by atoms with van der Waals surface area (Å²) in [5, 5.41) is 11.9. The van der Waals surface area contributed by atoms with Gasteiger partial charge in [0, 0.05) is 24.7 Å². The van der Waals surface area contributed by atoms with E-state index in [1.54, 1.807) is 0 Å². The molecule has 0 saturated carbocycles. The molecule has 1 aromatic carbocycles. The molecule has 2 unspecified atom stereocenters. The molecule has 0 radical (unpaired) electrons. The minimum atomic E-state index is -1.41. The number of carbonyl (C=O) groups is 2. The van der Waals surface area contributed by atoms with Gasteiger partial charge in [-0.15, -0.1) is 0 Å². The molecular formula is C15H18F2N2O3. The summed E-state index contributed by atoms with van der Waals surface area (Å²) >= 11 is 0. The van der Waals surface area contributed by atoms with Gasteiger partial charge in [-0.25, -0.2) is 13.6 Å². The molecule has 0 bridgehead atoms. The van der Waals surface area contributed by atoms with Gasteiger partial charge >= 0.3 is 5.97 Å². The average Bonchev–Trinajstić information content (AvgIpc) is 2.45. The Labute approximate surface area is 126 Å². The van der Waals surface area contributed by atoms with Gasteiger partial charge in [0.25, 0.3) is 0 Å². The number of hydrogen-bond acceptors (Lipinski definition) is 3. The molecule has 120 valence electrons. The zero-order valence-electron chi connectivity index (χ0n) is 12.2. The highest BCUT2D eigenvalue weighted by atomic mass is 19.1. The smallest absolute Gasteiger partial charge is 0.338 e. The second kappa shape index (κ2) is 6.39. The molecule has 0 spiro atoms. The van der Waals surface area contributed by atoms with Crippen LogP contribution in [0.1, 0.15) is 23.7 Å². The first-order valence-electron chi connectivity index (χ1n) is 6.99. The van der Waals surface area contributed by atoms with E-state index in [2.05, 4.69) is 5.32 Å². The van der Waals surface area contributed by atoms with Crippen molar-refractivity contribution in [3.63, 3.8) is 0 Å². The Morgan fingerprint density at radius 1 is 1.59 bits per heavy atom. The quantitative estimate of drug-likeness (QED) is 0.814. The third-order valence-electron chi connectivity index (χ3n) is 4.09. The van der Waals surface area contributed by atoms with Crippen LogP contribution < -0.4 is 10.2 Å². The van der Waals surface area contributed by atoms with Crippen LogP contribution in [0.15, 0.2) is 18.2 Å². The topological polar surface area (TPSA) is 69.6 Å². The maximum Gasteiger partial charge on any atom is 0.338 e. The molecule has 7 heteroatoms. The fourth-order valence-electron chi connectivity index (χ4n) is 2.58. The molecule has 5 nitrogen and oxygen atoms in total. The van der Waals surface area contributed by atoms with Gasteiger partial charge in [0.1, 0.15) is 11.5 Å². The van der Waals surface area contributed by atoms with Crippen LogP contribution in [0, 0.1) is 11.7 Å². The number of benzene rings is 1. The molecule has 1 amide bonds. The van der Waals surface area contributed by atoms with Crippen molar-refractivity contribution in [3.05, 3.63) is 29.6 Å². The van der Waals surface area contributed by atoms with E-state index in [0.29, 0.717) is 25.9 Å². The zero-order valence-corrected chi connectivity index (χ0v) is 12.2. The molecule has 2 rings (SSSR count). The maximum absolute atomic E-state index is 14.5. The van der Waals surface area contributed by atoms with Crippen LogP contribution >= 0.6 is 0 Å². The van der Waals surface area contributed by atoms with Gasteiger partial charge in [0.15, 0.2) is 0 Å². The lowest BCUT2D eigenvalue weighted by molar-refractivity contribution is -0.107. The van der Waals surface area contributed by atoms with E-state index in [1.165, 1.54) is 17.9 Å². The van der Waals surface area contributed by atoms with E-state index >= 15 is 0 Å². The molecule has 1 aliphatic rings. The summed E-state index contributed by atoms with van der Waals surface area (Å²) in [4.78, 5) is 23.3. The number of piperidine rings is 1. The first kappa shape index (κ1) is 16.4. The minimum absolute atomic E-state index is 0.0926. The Balaban J connectivity index is 2.19. The van der Waals surface area contributed by atoms with Gasteiger partial charge < -0.3 is 15.3 Å². The van der Waals surface area contributed by atoms with Crippen molar-refractivity contribution in [1.29, 1.82) is 0 Å². The van der Waals surface area contributed by atoms with Crippen molar-refractivity contribution in [2.24, 2.45) is 5.92 Å². The summed E-state index contributed by atoms with van der Waals surface area (Å²) in [6.07, 6.45) is 0.844. The molecule has 2 N–H and O–H groups in total. The number of halogens is 2. The van der Waals surface area contributed by atoms with E-state index < -0.39 is 28.9 Å². The minimum Gasteiger partial charge on any atom is -0.478 e. The van der Waals surface area contributed by atoms with E-state index in [0.717, 1.165) is 12.1 Å². The molecule has 2 atom stereocenters. The van der Waals surface area contributed by atoms with Gasteiger partial charge in [0.2, 0.25) is 6.41 Å². The molecule has 1 heterocycles. The predicted molar refractivity (Wildman–Crippen MR) is 77.3 cm³/mol. The number of nitrogens with zero attached hydrogens (tertiary/aromatic N) is 1. The molecule has 1 saturated heterocycles. The average molecular weight is 312 g/mol. The third-order valence-corrected chi connectivity index (χ3v) is 4.09. The van der Waals surface area contributed by atoms with Crippen molar-refractivity contribution in [1.82, 2.24) is 5.32 Å². The predicted octanol–water partition coefficient (Wildman–Crippen LogP) is 1.82. The monoisotopic (exact) mass is 312 g/mol. The Bertz CT molecular complexity index is 578. The number of alkyl halides is 1. The van der Waals surface area contributed by atoms with Crippen LogP contribution in [0.2, 0.25) is 0 Å². The normalized spacial score (nSPS) is 24.8. The molecule has 22 heavy (non-hydrogen) atoms. The van der Waals surface area contributed by atoms with E-state index in [-0.39, 0.29) is 12.2 Å². The summed E-state index contributed by atoms with van der Waals surface area (Å²) in [6, 6.07) is 3.41. The molecule has 0 aromatic heterocycles. The number of hydrogen-bond donors (Lipinski definition) is 2. The Morgan fingerprint density at radius 3 is 2.86 bits per heavy atom. The largest absolute Gasteiger partial charge is 0.478 e. The number of nitrogens with one attached hydrogen (secondary N) is 1.